The van der Waals surface area contributed by atoms with Crippen LogP contribution in [0.3, 0.4) is 0 Å². The summed E-state index contributed by atoms with van der Waals surface area (Å²) in [7, 11) is 0. The largest absolute Gasteiger partial charge is 0.343 e. The van der Waals surface area contributed by atoms with Crippen molar-refractivity contribution in [2.75, 3.05) is 16.8 Å². The van der Waals surface area contributed by atoms with Crippen molar-refractivity contribution in [3.05, 3.63) is 58.9 Å². The topological polar surface area (TPSA) is 118 Å². The van der Waals surface area contributed by atoms with Gasteiger partial charge >= 0.3 is 6.03 Å². The number of aryl methyl sites for hydroxylation is 1. The molecule has 3 heterocycles. The van der Waals surface area contributed by atoms with Crippen molar-refractivity contribution in [3.8, 4) is 0 Å². The molecule has 1 aliphatic heterocycles. The van der Waals surface area contributed by atoms with Gasteiger partial charge in [-0.15, -0.1) is 0 Å². The second kappa shape index (κ2) is 7.76. The molecule has 6 rings (SSSR count). The van der Waals surface area contributed by atoms with Crippen LogP contribution in [0.5, 0.6) is 0 Å². The summed E-state index contributed by atoms with van der Waals surface area (Å²) < 4.78 is 1.47. The minimum Gasteiger partial charge on any atom is -0.343 e. The maximum absolute atomic E-state index is 12.8. The molecule has 2 aromatic heterocycles. The molecule has 0 spiro atoms. The van der Waals surface area contributed by atoms with E-state index in [0.717, 1.165) is 31.4 Å². The number of nitrogens with zero attached hydrogens (tertiary/aromatic N) is 6. The van der Waals surface area contributed by atoms with Crippen LogP contribution in [0.25, 0.3) is 0 Å². The summed E-state index contributed by atoms with van der Waals surface area (Å²) >= 11 is 5.93. The molecule has 174 valence electrons. The molecule has 0 bridgehead atoms. The lowest BCUT2D eigenvalue weighted by atomic mass is 10.2. The number of halogens is 1. The molecule has 34 heavy (non-hydrogen) atoms. The summed E-state index contributed by atoms with van der Waals surface area (Å²) in [5.41, 5.74) is 0.807. The van der Waals surface area contributed by atoms with Crippen molar-refractivity contribution >= 4 is 35.4 Å². The van der Waals surface area contributed by atoms with Crippen molar-refractivity contribution in [1.82, 2.24) is 29.8 Å². The van der Waals surface area contributed by atoms with E-state index in [2.05, 4.69) is 30.6 Å². The Morgan fingerprint density at radius 2 is 1.94 bits per heavy atom. The molecule has 3 aromatic rings. The van der Waals surface area contributed by atoms with Gasteiger partial charge in [0.1, 0.15) is 12.2 Å². The first kappa shape index (κ1) is 21.0. The maximum Gasteiger partial charge on any atom is 0.324 e. The molecule has 2 aliphatic carbocycles. The second-order valence-corrected chi connectivity index (χ2v) is 9.59. The van der Waals surface area contributed by atoms with Gasteiger partial charge in [0.15, 0.2) is 0 Å². The summed E-state index contributed by atoms with van der Waals surface area (Å²) in [6.07, 6.45) is 7.15. The van der Waals surface area contributed by atoms with Crippen molar-refractivity contribution in [3.63, 3.8) is 0 Å². The Balaban J connectivity index is 1.24. The Hall–Kier alpha value is -3.53. The van der Waals surface area contributed by atoms with Crippen molar-refractivity contribution < 1.29 is 9.59 Å². The summed E-state index contributed by atoms with van der Waals surface area (Å²) in [4.78, 5) is 45.0. The van der Waals surface area contributed by atoms with Gasteiger partial charge in [-0.25, -0.2) is 9.78 Å². The zero-order valence-corrected chi connectivity index (χ0v) is 19.3. The van der Waals surface area contributed by atoms with E-state index in [4.69, 9.17) is 11.6 Å². The lowest BCUT2D eigenvalue weighted by Crippen LogP contribution is -2.37. The first-order chi connectivity index (χ1) is 16.4. The van der Waals surface area contributed by atoms with Crippen LogP contribution >= 0.6 is 11.6 Å². The highest BCUT2D eigenvalue weighted by Gasteiger charge is 2.48. The highest BCUT2D eigenvalue weighted by molar-refractivity contribution is 6.30. The van der Waals surface area contributed by atoms with E-state index in [1.54, 1.807) is 42.3 Å². The van der Waals surface area contributed by atoms with Crippen molar-refractivity contribution in [2.45, 2.75) is 44.2 Å². The Bertz CT molecular complexity index is 1280. The van der Waals surface area contributed by atoms with Gasteiger partial charge in [0.05, 0.1) is 17.3 Å². The van der Waals surface area contributed by atoms with Gasteiger partial charge in [-0.2, -0.15) is 15.0 Å². The molecule has 0 radical (unpaired) electrons. The number of imidazole rings is 1. The van der Waals surface area contributed by atoms with E-state index in [1.165, 1.54) is 10.9 Å². The first-order valence-corrected chi connectivity index (χ1v) is 11.7. The smallest absolute Gasteiger partial charge is 0.324 e. The van der Waals surface area contributed by atoms with Gasteiger partial charge in [-0.1, -0.05) is 11.6 Å². The molecule has 11 heteroatoms. The van der Waals surface area contributed by atoms with Crippen LogP contribution in [-0.4, -0.2) is 49.0 Å². The number of aromatic nitrogens is 5. The molecule has 1 saturated heterocycles. The molecule has 0 unspecified atom stereocenters. The zero-order chi connectivity index (χ0) is 23.4. The van der Waals surface area contributed by atoms with Crippen LogP contribution in [0.1, 0.15) is 47.6 Å². The third-order valence-electron chi connectivity index (χ3n) is 6.63. The van der Waals surface area contributed by atoms with Crippen LogP contribution < -0.4 is 15.5 Å². The fraction of sp³-hybridized carbons (Fsp3) is 0.391. The number of amides is 2. The first-order valence-electron chi connectivity index (χ1n) is 11.3. The Labute approximate surface area is 200 Å². The fourth-order valence-electron chi connectivity index (χ4n) is 4.45. The minimum absolute atomic E-state index is 0.0756. The third kappa shape index (κ3) is 3.77. The van der Waals surface area contributed by atoms with Crippen LogP contribution in [-0.2, 0) is 5.54 Å². The van der Waals surface area contributed by atoms with E-state index < -0.39 is 5.54 Å². The molecule has 1 aromatic carbocycles. The van der Waals surface area contributed by atoms with Gasteiger partial charge in [-0.3, -0.25) is 14.3 Å². The Morgan fingerprint density at radius 1 is 1.18 bits per heavy atom. The molecule has 10 nitrogen and oxygen atoms in total. The number of carbonyl (C=O) groups excluding carboxylic acids is 2. The number of nitrogens with one attached hydrogen (secondary N) is 2. The summed E-state index contributed by atoms with van der Waals surface area (Å²) in [5, 5.41) is 6.88. The molecule has 3 aliphatic rings. The van der Waals surface area contributed by atoms with E-state index in [0.29, 0.717) is 40.8 Å². The van der Waals surface area contributed by atoms with Crippen LogP contribution in [0, 0.1) is 12.8 Å². The second-order valence-electron chi connectivity index (χ2n) is 9.15. The maximum atomic E-state index is 12.8. The van der Waals surface area contributed by atoms with Crippen LogP contribution in [0.15, 0.2) is 36.8 Å². The Morgan fingerprint density at radius 3 is 2.65 bits per heavy atom. The van der Waals surface area contributed by atoms with Gasteiger partial charge in [-0.05, 0) is 62.8 Å². The number of hydrogen-bond acceptors (Lipinski definition) is 7. The van der Waals surface area contributed by atoms with Crippen molar-refractivity contribution in [2.24, 2.45) is 5.92 Å². The number of hydrogen-bond donors (Lipinski definition) is 2. The molecule has 1 atom stereocenters. The average molecular weight is 479 g/mol. The number of urea groups is 1. The number of rotatable bonds is 6. The fourth-order valence-corrected chi connectivity index (χ4v) is 4.58. The standard InChI is InChI=1S/C23H23ClN8O2/c1-13-27-20(29-21(28-13)32-17(14-2-3-14)10-25-22(32)34)30-23(8-9-23)18-11-31(12-26-18)19(33)15-4-6-16(24)7-5-15/h4-7,11-12,14,17H,2-3,8-10H2,1H3,(H,25,34)(H,27,28,29,30)/t17-/m1/s1. The van der Waals surface area contributed by atoms with Gasteiger partial charge in [0, 0.05) is 23.3 Å². The number of anilines is 2. The molecular weight excluding hydrogens is 456 g/mol. The quantitative estimate of drug-likeness (QED) is 0.558. The lowest BCUT2D eigenvalue weighted by Gasteiger charge is -2.22. The van der Waals surface area contributed by atoms with E-state index in [-0.39, 0.29) is 18.0 Å². The SMILES string of the molecule is Cc1nc(NC2(c3cn(C(=O)c4ccc(Cl)cc4)cn3)CC2)nc(N2C(=O)NC[C@@H]2C2CC2)n1. The van der Waals surface area contributed by atoms with Gasteiger partial charge < -0.3 is 10.6 Å². The van der Waals surface area contributed by atoms with Gasteiger partial charge in [0.2, 0.25) is 11.9 Å². The predicted molar refractivity (Wildman–Crippen MR) is 125 cm³/mol. The molecule has 2 saturated carbocycles. The Kier molecular flexibility index (Phi) is 4.80. The minimum atomic E-state index is -0.459. The summed E-state index contributed by atoms with van der Waals surface area (Å²) in [6, 6.07) is 6.65. The summed E-state index contributed by atoms with van der Waals surface area (Å²) in [5.74, 6) is 1.59. The number of benzene rings is 1. The average Bonchev–Trinajstić information content (AvgIpc) is 3.72. The number of carbonyl (C=O) groups is 2. The van der Waals surface area contributed by atoms with Crippen molar-refractivity contribution in [1.29, 1.82) is 0 Å². The lowest BCUT2D eigenvalue weighted by molar-refractivity contribution is 0.0959. The van der Waals surface area contributed by atoms with Crippen LogP contribution in [0.2, 0.25) is 5.02 Å². The molecule has 3 fully saturated rings. The highest BCUT2D eigenvalue weighted by atomic mass is 35.5. The monoisotopic (exact) mass is 478 g/mol. The van der Waals surface area contributed by atoms with Gasteiger partial charge in [0.25, 0.3) is 5.91 Å². The molecular formula is C23H23ClN8O2. The molecule has 2 amide bonds. The normalized spacial score (nSPS) is 20.8. The third-order valence-corrected chi connectivity index (χ3v) is 6.88. The van der Waals surface area contributed by atoms with E-state index in [9.17, 15) is 9.59 Å². The van der Waals surface area contributed by atoms with Crippen LogP contribution in [0.4, 0.5) is 16.7 Å². The van der Waals surface area contributed by atoms with E-state index >= 15 is 0 Å². The molecule has 2 N–H and O–H groups in total. The predicted octanol–water partition coefficient (Wildman–Crippen LogP) is 3.13. The van der Waals surface area contributed by atoms with E-state index in [1.807, 2.05) is 0 Å². The zero-order valence-electron chi connectivity index (χ0n) is 18.5. The summed E-state index contributed by atoms with van der Waals surface area (Å²) in [6.45, 7) is 2.40. The highest BCUT2D eigenvalue weighted by Crippen LogP contribution is 2.47.